The molecule has 1 heterocycles. The molecule has 88 valence electrons. The van der Waals surface area contributed by atoms with Crippen molar-refractivity contribution in [3.05, 3.63) is 28.5 Å². The second-order valence-electron chi connectivity index (χ2n) is 2.36. The maximum absolute atomic E-state index is 12.3. The third-order valence-corrected chi connectivity index (χ3v) is 1.77. The lowest BCUT2D eigenvalue weighted by Gasteiger charge is -2.12. The Balaban J connectivity index is 0. The quantitative estimate of drug-likeness (QED) is 0.860. The Morgan fingerprint density at radius 3 is 2.13 bits per heavy atom. The van der Waals surface area contributed by atoms with Gasteiger partial charge in [-0.25, -0.2) is 0 Å². The number of hydrogen-bond donors (Lipinski definition) is 1. The summed E-state index contributed by atoms with van der Waals surface area (Å²) in [5.74, 6) is 0. The molecule has 2 N–H and O–H groups in total. The molecule has 0 aliphatic rings. The summed E-state index contributed by atoms with van der Waals surface area (Å²) in [5, 5.41) is -0.421. The van der Waals surface area contributed by atoms with Gasteiger partial charge in [0.15, 0.2) is 0 Å². The Morgan fingerprint density at radius 2 is 1.80 bits per heavy atom. The first-order valence-electron chi connectivity index (χ1n) is 3.36. The summed E-state index contributed by atoms with van der Waals surface area (Å²) in [4.78, 5) is 3.52. The van der Waals surface area contributed by atoms with Crippen LogP contribution in [-0.2, 0) is 12.7 Å². The molecule has 0 spiro atoms. The first-order chi connectivity index (χ1) is 5.96. The van der Waals surface area contributed by atoms with E-state index in [-0.39, 0.29) is 36.9 Å². The van der Waals surface area contributed by atoms with Crippen molar-refractivity contribution in [2.75, 3.05) is 0 Å². The lowest BCUT2D eigenvalue weighted by molar-refractivity contribution is -0.138. The molecule has 15 heavy (non-hydrogen) atoms. The Bertz CT molecular complexity index is 317. The van der Waals surface area contributed by atoms with Crippen LogP contribution in [0.4, 0.5) is 13.2 Å². The molecule has 0 unspecified atom stereocenters. The van der Waals surface area contributed by atoms with Crippen molar-refractivity contribution in [1.29, 1.82) is 0 Å². The van der Waals surface area contributed by atoms with Gasteiger partial charge in [0.2, 0.25) is 0 Å². The molecule has 0 amide bonds. The number of rotatable bonds is 1. The van der Waals surface area contributed by atoms with Gasteiger partial charge in [-0.15, -0.1) is 24.8 Å². The second kappa shape index (κ2) is 6.37. The molecule has 1 aromatic rings. The van der Waals surface area contributed by atoms with Crippen molar-refractivity contribution in [3.8, 4) is 0 Å². The van der Waals surface area contributed by atoms with Crippen LogP contribution < -0.4 is 5.73 Å². The molecule has 0 radical (unpaired) electrons. The van der Waals surface area contributed by atoms with Crippen molar-refractivity contribution in [2.24, 2.45) is 5.73 Å². The van der Waals surface area contributed by atoms with Gasteiger partial charge in [-0.2, -0.15) is 13.2 Å². The molecular weight excluding hydrogens is 275 g/mol. The predicted octanol–water partition coefficient (Wildman–Crippen LogP) is 3.06. The fourth-order valence-electron chi connectivity index (χ4n) is 0.947. The van der Waals surface area contributed by atoms with E-state index in [2.05, 4.69) is 4.98 Å². The molecule has 0 aliphatic carbocycles. The van der Waals surface area contributed by atoms with Crippen LogP contribution >= 0.6 is 36.4 Å². The van der Waals surface area contributed by atoms with E-state index in [9.17, 15) is 13.2 Å². The number of alkyl halides is 3. The lowest BCUT2D eigenvalue weighted by atomic mass is 10.1. The molecule has 0 saturated heterocycles. The molecule has 2 nitrogen and oxygen atoms in total. The van der Waals surface area contributed by atoms with Crippen LogP contribution in [0.15, 0.2) is 12.4 Å². The van der Waals surface area contributed by atoms with E-state index in [1.165, 1.54) is 0 Å². The molecule has 0 aliphatic heterocycles. The SMILES string of the molecule is Cl.Cl.NCc1cncc(Cl)c1C(F)(F)F. The minimum absolute atomic E-state index is 0. The smallest absolute Gasteiger partial charge is 0.326 e. The van der Waals surface area contributed by atoms with Crippen molar-refractivity contribution in [3.63, 3.8) is 0 Å². The van der Waals surface area contributed by atoms with E-state index in [1.807, 2.05) is 0 Å². The maximum Gasteiger partial charge on any atom is 0.418 e. The van der Waals surface area contributed by atoms with Gasteiger partial charge in [-0.05, 0) is 5.56 Å². The monoisotopic (exact) mass is 282 g/mol. The number of halogens is 6. The van der Waals surface area contributed by atoms with Crippen molar-refractivity contribution >= 4 is 36.4 Å². The van der Waals surface area contributed by atoms with E-state index < -0.39 is 16.8 Å². The van der Waals surface area contributed by atoms with Gasteiger partial charge in [-0.3, -0.25) is 4.98 Å². The molecule has 0 bridgehead atoms. The number of aromatic nitrogens is 1. The third-order valence-electron chi connectivity index (χ3n) is 1.48. The minimum Gasteiger partial charge on any atom is -0.326 e. The zero-order chi connectivity index (χ0) is 10.1. The average molecular weight is 284 g/mol. The Morgan fingerprint density at radius 1 is 1.27 bits per heavy atom. The van der Waals surface area contributed by atoms with E-state index in [1.54, 1.807) is 0 Å². The number of nitrogens with zero attached hydrogens (tertiary/aromatic N) is 1. The van der Waals surface area contributed by atoms with Crippen molar-refractivity contribution in [2.45, 2.75) is 12.7 Å². The zero-order valence-electron chi connectivity index (χ0n) is 7.21. The fraction of sp³-hybridized carbons (Fsp3) is 0.286. The first-order valence-corrected chi connectivity index (χ1v) is 3.74. The average Bonchev–Trinajstić information content (AvgIpc) is 2.01. The molecule has 0 saturated carbocycles. The van der Waals surface area contributed by atoms with Crippen molar-refractivity contribution in [1.82, 2.24) is 4.98 Å². The molecule has 0 fully saturated rings. The van der Waals surface area contributed by atoms with Crippen LogP contribution in [-0.4, -0.2) is 4.98 Å². The lowest BCUT2D eigenvalue weighted by Crippen LogP contribution is -2.13. The van der Waals surface area contributed by atoms with E-state index in [0.29, 0.717) is 0 Å². The van der Waals surface area contributed by atoms with E-state index in [0.717, 1.165) is 12.4 Å². The highest BCUT2D eigenvalue weighted by molar-refractivity contribution is 6.31. The van der Waals surface area contributed by atoms with Crippen LogP contribution in [0.2, 0.25) is 5.02 Å². The molecule has 0 atom stereocenters. The summed E-state index contributed by atoms with van der Waals surface area (Å²) in [7, 11) is 0. The summed E-state index contributed by atoms with van der Waals surface area (Å²) < 4.78 is 37.0. The Kier molecular flexibility index (Phi) is 7.30. The molecule has 1 aromatic heterocycles. The first kappa shape index (κ1) is 17.2. The van der Waals surface area contributed by atoms with Gasteiger partial charge in [0.05, 0.1) is 10.6 Å². The van der Waals surface area contributed by atoms with Crippen LogP contribution in [0, 0.1) is 0 Å². The Hall–Kier alpha value is -0.230. The van der Waals surface area contributed by atoms with Crippen LogP contribution in [0.5, 0.6) is 0 Å². The standard InChI is InChI=1S/C7H6ClF3N2.2ClH/c8-5-3-13-2-4(1-12)6(5)7(9,10)11;;/h2-3H,1,12H2;2*1H. The largest absolute Gasteiger partial charge is 0.418 e. The minimum atomic E-state index is -4.48. The van der Waals surface area contributed by atoms with E-state index >= 15 is 0 Å². The summed E-state index contributed by atoms with van der Waals surface area (Å²) in [5.41, 5.74) is 4.12. The highest BCUT2D eigenvalue weighted by Crippen LogP contribution is 2.36. The van der Waals surface area contributed by atoms with Crippen LogP contribution in [0.3, 0.4) is 0 Å². The molecule has 8 heteroatoms. The summed E-state index contributed by atoms with van der Waals surface area (Å²) in [6, 6.07) is 0. The Labute approximate surface area is 102 Å². The molecular formula is C7H8Cl3F3N2. The van der Waals surface area contributed by atoms with Gasteiger partial charge in [0, 0.05) is 18.9 Å². The molecule has 1 rings (SSSR count). The van der Waals surface area contributed by atoms with Gasteiger partial charge in [0.25, 0.3) is 0 Å². The highest BCUT2D eigenvalue weighted by atomic mass is 35.5. The zero-order valence-corrected chi connectivity index (χ0v) is 9.60. The van der Waals surface area contributed by atoms with Gasteiger partial charge < -0.3 is 5.73 Å². The topological polar surface area (TPSA) is 38.9 Å². The third kappa shape index (κ3) is 4.03. The number of nitrogens with two attached hydrogens (primary N) is 1. The van der Waals surface area contributed by atoms with Gasteiger partial charge in [0.1, 0.15) is 0 Å². The predicted molar refractivity (Wildman–Crippen MR) is 56.6 cm³/mol. The van der Waals surface area contributed by atoms with Gasteiger partial charge >= 0.3 is 6.18 Å². The second-order valence-corrected chi connectivity index (χ2v) is 2.76. The highest BCUT2D eigenvalue weighted by Gasteiger charge is 2.35. The van der Waals surface area contributed by atoms with Gasteiger partial charge in [-0.1, -0.05) is 11.6 Å². The normalized spacial score (nSPS) is 10.2. The molecule has 0 aromatic carbocycles. The summed E-state index contributed by atoms with van der Waals surface area (Å²) >= 11 is 5.35. The van der Waals surface area contributed by atoms with E-state index in [4.69, 9.17) is 17.3 Å². The maximum atomic E-state index is 12.3. The number of hydrogen-bond acceptors (Lipinski definition) is 2. The summed E-state index contributed by atoms with van der Waals surface area (Å²) in [6.07, 6.45) is -2.47. The van der Waals surface area contributed by atoms with Crippen LogP contribution in [0.25, 0.3) is 0 Å². The summed E-state index contributed by atoms with van der Waals surface area (Å²) in [6.45, 7) is -0.234. The number of pyridine rings is 1. The van der Waals surface area contributed by atoms with Crippen molar-refractivity contribution < 1.29 is 13.2 Å². The fourth-order valence-corrected chi connectivity index (χ4v) is 1.23. The van der Waals surface area contributed by atoms with Crippen LogP contribution in [0.1, 0.15) is 11.1 Å².